The molecule has 0 aliphatic heterocycles. The number of alkyl halides is 1. The molecular formula is C16H18BrN3S. The summed E-state index contributed by atoms with van der Waals surface area (Å²) in [5, 5.41) is 14.4. The number of hydrogen-bond acceptors (Lipinski definition) is 2. The number of hydrogen-bond donors (Lipinski definition) is 3. The Bertz CT molecular complexity index is 599. The van der Waals surface area contributed by atoms with Crippen LogP contribution >= 0.6 is 27.7 Å². The molecule has 1 aromatic rings. The Morgan fingerprint density at radius 2 is 1.86 bits per heavy atom. The van der Waals surface area contributed by atoms with E-state index in [0.29, 0.717) is 5.96 Å². The van der Waals surface area contributed by atoms with Gasteiger partial charge in [0.05, 0.1) is 0 Å². The Morgan fingerprint density at radius 1 is 1.14 bits per heavy atom. The van der Waals surface area contributed by atoms with E-state index in [2.05, 4.69) is 50.8 Å². The highest BCUT2D eigenvalue weighted by Crippen LogP contribution is 2.32. The molecule has 2 aliphatic rings. The molecule has 21 heavy (non-hydrogen) atoms. The van der Waals surface area contributed by atoms with Crippen molar-refractivity contribution < 1.29 is 0 Å². The number of fused-ring (bicyclic) bond motifs is 1. The molecule has 0 bridgehead atoms. The van der Waals surface area contributed by atoms with Gasteiger partial charge in [0.1, 0.15) is 0 Å². The van der Waals surface area contributed by atoms with Crippen molar-refractivity contribution in [3.05, 3.63) is 48.5 Å². The number of thioether (sulfide) groups is 1. The average molecular weight is 364 g/mol. The van der Waals surface area contributed by atoms with Crippen molar-refractivity contribution in [1.82, 2.24) is 5.32 Å². The second kappa shape index (κ2) is 8.10. The molecule has 0 amide bonds. The Morgan fingerprint density at radius 3 is 2.38 bits per heavy atom. The first-order valence-corrected chi connectivity index (χ1v) is 8.97. The lowest BCUT2D eigenvalue weighted by Gasteiger charge is -2.09. The second-order valence-electron chi connectivity index (χ2n) is 4.43. The zero-order chi connectivity index (χ0) is 15.1. The van der Waals surface area contributed by atoms with Crippen molar-refractivity contribution >= 4 is 39.3 Å². The van der Waals surface area contributed by atoms with Crippen LogP contribution < -0.4 is 10.6 Å². The van der Waals surface area contributed by atoms with Crippen LogP contribution in [0.5, 0.6) is 0 Å². The standard InChI is InChI=1S/C10H14BrN3S.C6H4/c1-15-9-4-2-3-8(7-9)14-10(12)13-6-5-11;1-2-5-4-6(5)3-1/h2-4,7H,5-6H2,1H3,(H3,12,13,14);1-4H. The van der Waals surface area contributed by atoms with Gasteiger partial charge < -0.3 is 10.6 Å². The average Bonchev–Trinajstić information content (AvgIpc) is 3.11. The summed E-state index contributed by atoms with van der Waals surface area (Å²) >= 11 is 4.99. The maximum absolute atomic E-state index is 7.61. The highest BCUT2D eigenvalue weighted by Gasteiger charge is 2.07. The van der Waals surface area contributed by atoms with E-state index < -0.39 is 0 Å². The Kier molecular flexibility index (Phi) is 6.14. The molecule has 110 valence electrons. The first-order chi connectivity index (χ1) is 10.2. The predicted molar refractivity (Wildman–Crippen MR) is 96.8 cm³/mol. The third kappa shape index (κ3) is 5.44. The van der Waals surface area contributed by atoms with Crippen molar-refractivity contribution in [2.24, 2.45) is 0 Å². The predicted octanol–water partition coefficient (Wildman–Crippen LogP) is 4.41. The minimum atomic E-state index is 0.327. The molecule has 0 heterocycles. The zero-order valence-corrected chi connectivity index (χ0v) is 14.2. The minimum absolute atomic E-state index is 0.327. The third-order valence-electron chi connectivity index (χ3n) is 2.85. The van der Waals surface area contributed by atoms with Gasteiger partial charge in [-0.25, -0.2) is 0 Å². The molecule has 0 saturated carbocycles. The summed E-state index contributed by atoms with van der Waals surface area (Å²) < 4.78 is 0. The molecule has 0 saturated heterocycles. The maximum Gasteiger partial charge on any atom is 0.192 e. The molecule has 0 unspecified atom stereocenters. The molecule has 3 rings (SSSR count). The van der Waals surface area contributed by atoms with Gasteiger partial charge in [-0.1, -0.05) is 40.2 Å². The van der Waals surface area contributed by atoms with Gasteiger partial charge >= 0.3 is 0 Å². The summed E-state index contributed by atoms with van der Waals surface area (Å²) in [6.07, 6.45) is 2.04. The number of guanidine groups is 1. The maximum atomic E-state index is 7.61. The van der Waals surface area contributed by atoms with Gasteiger partial charge in [0, 0.05) is 22.5 Å². The number of benzene rings is 2. The van der Waals surface area contributed by atoms with Gasteiger partial charge in [-0.15, -0.1) is 11.8 Å². The van der Waals surface area contributed by atoms with Gasteiger partial charge in [-0.05, 0) is 41.6 Å². The fourth-order valence-corrected chi connectivity index (χ4v) is 2.39. The van der Waals surface area contributed by atoms with E-state index >= 15 is 0 Å². The van der Waals surface area contributed by atoms with E-state index in [1.807, 2.05) is 30.5 Å². The summed E-state index contributed by atoms with van der Waals surface area (Å²) in [4.78, 5) is 1.19. The fourth-order valence-electron chi connectivity index (χ4n) is 1.74. The molecule has 3 nitrogen and oxygen atoms in total. The smallest absolute Gasteiger partial charge is 0.192 e. The van der Waals surface area contributed by atoms with Gasteiger partial charge in [0.25, 0.3) is 0 Å². The zero-order valence-electron chi connectivity index (χ0n) is 11.8. The van der Waals surface area contributed by atoms with Gasteiger partial charge in [0.15, 0.2) is 5.96 Å². The van der Waals surface area contributed by atoms with Crippen LogP contribution in [0.15, 0.2) is 53.4 Å². The highest BCUT2D eigenvalue weighted by molar-refractivity contribution is 9.09. The van der Waals surface area contributed by atoms with Gasteiger partial charge in [-0.3, -0.25) is 5.41 Å². The largest absolute Gasteiger partial charge is 0.355 e. The number of rotatable bonds is 4. The van der Waals surface area contributed by atoms with Crippen LogP contribution in [-0.4, -0.2) is 24.1 Å². The van der Waals surface area contributed by atoms with E-state index in [1.165, 1.54) is 16.0 Å². The lowest BCUT2D eigenvalue weighted by molar-refractivity contribution is 0.969. The molecular weight excluding hydrogens is 346 g/mol. The topological polar surface area (TPSA) is 47.9 Å². The quantitative estimate of drug-likeness (QED) is 0.278. The Labute approximate surface area is 138 Å². The monoisotopic (exact) mass is 363 g/mol. The molecule has 3 N–H and O–H groups in total. The number of anilines is 1. The SMILES string of the molecule is CSc1cccc(NC(=N)NCCBr)c1.c1cc2cc-2c1. The van der Waals surface area contributed by atoms with Crippen LogP contribution in [0.1, 0.15) is 0 Å². The molecule has 0 fully saturated rings. The molecule has 5 heteroatoms. The minimum Gasteiger partial charge on any atom is -0.355 e. The third-order valence-corrected chi connectivity index (χ3v) is 3.97. The Hall–Kier alpha value is -1.46. The molecule has 0 atom stereocenters. The van der Waals surface area contributed by atoms with E-state index in [0.717, 1.165) is 17.6 Å². The van der Waals surface area contributed by atoms with Crippen LogP contribution in [0.25, 0.3) is 11.1 Å². The highest BCUT2D eigenvalue weighted by atomic mass is 79.9. The van der Waals surface area contributed by atoms with Crippen molar-refractivity contribution in [2.75, 3.05) is 23.4 Å². The van der Waals surface area contributed by atoms with E-state index in [1.54, 1.807) is 11.8 Å². The number of nitrogens with one attached hydrogen (secondary N) is 3. The van der Waals surface area contributed by atoms with Gasteiger partial charge in [0.2, 0.25) is 0 Å². The molecule has 0 radical (unpaired) electrons. The lowest BCUT2D eigenvalue weighted by atomic mass is 10.3. The first-order valence-electron chi connectivity index (χ1n) is 6.63. The summed E-state index contributed by atoms with van der Waals surface area (Å²) in [5.41, 5.74) is 3.79. The van der Waals surface area contributed by atoms with Crippen molar-refractivity contribution in [3.63, 3.8) is 0 Å². The lowest BCUT2D eigenvalue weighted by Crippen LogP contribution is -2.30. The van der Waals surface area contributed by atoms with Crippen molar-refractivity contribution in [1.29, 1.82) is 5.41 Å². The van der Waals surface area contributed by atoms with Crippen LogP contribution in [0.3, 0.4) is 0 Å². The molecule has 0 spiro atoms. The summed E-state index contributed by atoms with van der Waals surface area (Å²) in [6.45, 7) is 0.744. The normalized spacial score (nSPS) is 10.2. The molecule has 1 aromatic carbocycles. The van der Waals surface area contributed by atoms with Crippen LogP contribution in [0, 0.1) is 5.41 Å². The number of halogens is 1. The van der Waals surface area contributed by atoms with E-state index in [4.69, 9.17) is 5.41 Å². The van der Waals surface area contributed by atoms with E-state index in [-0.39, 0.29) is 0 Å². The Balaban J connectivity index is 0.000000218. The van der Waals surface area contributed by atoms with E-state index in [9.17, 15) is 0 Å². The fraction of sp³-hybridized carbons (Fsp3) is 0.188. The van der Waals surface area contributed by atoms with Crippen LogP contribution in [-0.2, 0) is 0 Å². The summed E-state index contributed by atoms with van der Waals surface area (Å²) in [7, 11) is 0. The summed E-state index contributed by atoms with van der Waals surface area (Å²) in [5.74, 6) is 0.327. The molecule has 2 aliphatic carbocycles. The van der Waals surface area contributed by atoms with Gasteiger partial charge in [-0.2, -0.15) is 0 Å². The first kappa shape index (κ1) is 15.9. The van der Waals surface area contributed by atoms with Crippen molar-refractivity contribution in [2.45, 2.75) is 4.90 Å². The molecule has 0 aromatic heterocycles. The second-order valence-corrected chi connectivity index (χ2v) is 6.10. The van der Waals surface area contributed by atoms with Crippen LogP contribution in [0.4, 0.5) is 5.69 Å². The summed E-state index contributed by atoms with van der Waals surface area (Å²) in [6, 6.07) is 16.5. The van der Waals surface area contributed by atoms with Crippen LogP contribution in [0.2, 0.25) is 0 Å². The van der Waals surface area contributed by atoms with Crippen molar-refractivity contribution in [3.8, 4) is 11.1 Å².